The van der Waals surface area contributed by atoms with E-state index in [9.17, 15) is 4.79 Å². The lowest BCUT2D eigenvalue weighted by Gasteiger charge is -2.15. The Kier molecular flexibility index (Phi) is 6.20. The van der Waals surface area contributed by atoms with Crippen LogP contribution in [0.1, 0.15) is 12.7 Å². The van der Waals surface area contributed by atoms with Gasteiger partial charge in [-0.15, -0.1) is 0 Å². The van der Waals surface area contributed by atoms with Crippen LogP contribution in [0.3, 0.4) is 0 Å². The third-order valence-electron chi connectivity index (χ3n) is 4.30. The fraction of sp³-hybridized carbons (Fsp3) is 0.0909. The van der Waals surface area contributed by atoms with Crippen molar-refractivity contribution in [2.45, 2.75) is 6.92 Å². The minimum absolute atomic E-state index is 0.193. The molecule has 0 bridgehead atoms. The Bertz CT molecular complexity index is 1160. The van der Waals surface area contributed by atoms with E-state index in [0.717, 1.165) is 11.3 Å². The fourth-order valence-electron chi connectivity index (χ4n) is 2.91. The largest absolute Gasteiger partial charge is 0.494 e. The molecule has 3 aromatic rings. The number of thiocarbonyl (C=S) groups is 1. The molecule has 2 aromatic carbocycles. The first-order valence-corrected chi connectivity index (χ1v) is 11.0. The number of anilines is 1. The zero-order valence-electron chi connectivity index (χ0n) is 15.7. The molecule has 4 nitrogen and oxygen atoms in total. The summed E-state index contributed by atoms with van der Waals surface area (Å²) in [7, 11) is 0. The maximum absolute atomic E-state index is 12.9. The Morgan fingerprint density at radius 1 is 1.10 bits per heavy atom. The number of hydrogen-bond acceptors (Lipinski definition) is 5. The summed E-state index contributed by atoms with van der Waals surface area (Å²) in [6, 6.07) is 16.1. The minimum atomic E-state index is -0.193. The van der Waals surface area contributed by atoms with E-state index in [2.05, 4.69) is 0 Å². The highest BCUT2D eigenvalue weighted by Crippen LogP contribution is 2.37. The molecule has 0 atom stereocenters. The van der Waals surface area contributed by atoms with Gasteiger partial charge < -0.3 is 9.15 Å². The lowest BCUT2D eigenvalue weighted by atomic mass is 10.2. The van der Waals surface area contributed by atoms with Gasteiger partial charge in [-0.25, -0.2) is 0 Å². The smallest absolute Gasteiger partial charge is 0.270 e. The highest BCUT2D eigenvalue weighted by molar-refractivity contribution is 8.27. The average Bonchev–Trinajstić information content (AvgIpc) is 3.30. The number of carbonyl (C=O) groups excluding carboxylic acids is 1. The van der Waals surface area contributed by atoms with Crippen molar-refractivity contribution in [3.63, 3.8) is 0 Å². The molecule has 1 amide bonds. The van der Waals surface area contributed by atoms with Crippen LogP contribution in [-0.4, -0.2) is 16.8 Å². The molecule has 0 radical (unpaired) electrons. The predicted octanol–water partition coefficient (Wildman–Crippen LogP) is 7.06. The number of carbonyl (C=O) groups is 1. The summed E-state index contributed by atoms with van der Waals surface area (Å²) in [6.07, 6.45) is 1.69. The second kappa shape index (κ2) is 8.86. The number of halogens is 2. The van der Waals surface area contributed by atoms with E-state index in [4.69, 9.17) is 44.6 Å². The van der Waals surface area contributed by atoms with E-state index < -0.39 is 0 Å². The molecule has 0 aliphatic carbocycles. The lowest BCUT2D eigenvalue weighted by Crippen LogP contribution is -2.27. The van der Waals surface area contributed by atoms with Crippen molar-refractivity contribution in [1.82, 2.24) is 0 Å². The number of rotatable bonds is 5. The van der Waals surface area contributed by atoms with Gasteiger partial charge in [0.2, 0.25) is 0 Å². The highest BCUT2D eigenvalue weighted by atomic mass is 35.5. The second-order valence-electron chi connectivity index (χ2n) is 6.27. The van der Waals surface area contributed by atoms with Gasteiger partial charge in [-0.05, 0) is 61.5 Å². The molecule has 1 fully saturated rings. The summed E-state index contributed by atoms with van der Waals surface area (Å²) >= 11 is 18.7. The number of furan rings is 1. The molecule has 0 unspecified atom stereocenters. The van der Waals surface area contributed by atoms with Crippen LogP contribution in [0.15, 0.2) is 63.9 Å². The molecule has 30 heavy (non-hydrogen) atoms. The predicted molar refractivity (Wildman–Crippen MR) is 127 cm³/mol. The summed E-state index contributed by atoms with van der Waals surface area (Å²) in [4.78, 5) is 14.9. The Morgan fingerprint density at radius 3 is 2.57 bits per heavy atom. The Hall–Kier alpha value is -2.25. The number of amides is 1. The molecule has 4 rings (SSSR count). The summed E-state index contributed by atoms with van der Waals surface area (Å²) in [5, 5.41) is 0.925. The molecular weight excluding hydrogens is 461 g/mol. The van der Waals surface area contributed by atoms with E-state index in [0.29, 0.717) is 43.1 Å². The van der Waals surface area contributed by atoms with Crippen LogP contribution in [-0.2, 0) is 4.79 Å². The monoisotopic (exact) mass is 475 g/mol. The van der Waals surface area contributed by atoms with Crippen molar-refractivity contribution in [3.8, 4) is 17.1 Å². The second-order valence-corrected chi connectivity index (χ2v) is 8.77. The minimum Gasteiger partial charge on any atom is -0.494 e. The van der Waals surface area contributed by atoms with Gasteiger partial charge in [-0.3, -0.25) is 9.69 Å². The third kappa shape index (κ3) is 4.27. The van der Waals surface area contributed by atoms with Crippen LogP contribution in [0, 0.1) is 0 Å². The van der Waals surface area contributed by atoms with Crippen molar-refractivity contribution < 1.29 is 13.9 Å². The molecule has 0 N–H and O–H groups in total. The van der Waals surface area contributed by atoms with Crippen molar-refractivity contribution in [2.24, 2.45) is 0 Å². The summed E-state index contributed by atoms with van der Waals surface area (Å²) in [5.74, 6) is 1.72. The van der Waals surface area contributed by atoms with Crippen LogP contribution in [0.4, 0.5) is 5.69 Å². The van der Waals surface area contributed by atoms with Crippen molar-refractivity contribution in [3.05, 3.63) is 75.3 Å². The highest BCUT2D eigenvalue weighted by Gasteiger charge is 2.33. The molecular formula is C22H15Cl2NO3S2. The van der Waals surface area contributed by atoms with E-state index in [1.807, 2.05) is 43.3 Å². The molecule has 0 saturated carbocycles. The van der Waals surface area contributed by atoms with Crippen molar-refractivity contribution in [2.75, 3.05) is 11.5 Å². The molecule has 1 saturated heterocycles. The first-order valence-electron chi connectivity index (χ1n) is 9.02. The van der Waals surface area contributed by atoms with E-state index >= 15 is 0 Å². The first kappa shape index (κ1) is 21.0. The molecule has 152 valence electrons. The van der Waals surface area contributed by atoms with Gasteiger partial charge in [-0.2, -0.15) is 0 Å². The van der Waals surface area contributed by atoms with Crippen LogP contribution in [0.5, 0.6) is 5.75 Å². The maximum atomic E-state index is 12.9. The third-order valence-corrected chi connectivity index (χ3v) is 6.35. The van der Waals surface area contributed by atoms with E-state index in [1.54, 1.807) is 24.3 Å². The zero-order chi connectivity index (χ0) is 21.3. The van der Waals surface area contributed by atoms with Gasteiger partial charge in [0.1, 0.15) is 17.3 Å². The average molecular weight is 476 g/mol. The van der Waals surface area contributed by atoms with Gasteiger partial charge in [0.25, 0.3) is 5.91 Å². The van der Waals surface area contributed by atoms with Gasteiger partial charge in [0.05, 0.1) is 27.2 Å². The number of nitrogens with zero attached hydrogens (tertiary/aromatic N) is 1. The first-order chi connectivity index (χ1) is 14.5. The molecule has 2 heterocycles. The Morgan fingerprint density at radius 2 is 1.87 bits per heavy atom. The number of thioether (sulfide) groups is 1. The number of benzene rings is 2. The van der Waals surface area contributed by atoms with Gasteiger partial charge >= 0.3 is 0 Å². The van der Waals surface area contributed by atoms with Crippen molar-refractivity contribution >= 4 is 69.2 Å². The molecule has 1 aliphatic rings. The van der Waals surface area contributed by atoms with Crippen LogP contribution in [0.25, 0.3) is 17.4 Å². The van der Waals surface area contributed by atoms with Crippen LogP contribution in [0.2, 0.25) is 10.0 Å². The van der Waals surface area contributed by atoms with E-state index in [-0.39, 0.29) is 5.91 Å². The lowest BCUT2D eigenvalue weighted by molar-refractivity contribution is -0.113. The van der Waals surface area contributed by atoms with Crippen LogP contribution >= 0.6 is 47.2 Å². The maximum Gasteiger partial charge on any atom is 0.270 e. The fourth-order valence-corrected chi connectivity index (χ4v) is 4.49. The standard InChI is InChI=1S/C22H15Cl2NO3S2/c1-2-27-15-6-4-14(5-7-15)25-21(26)20(30-22(25)29)12-16-8-10-19(28-16)13-3-9-17(23)18(24)11-13/h3-12H,2H2,1H3/b20-12+. The summed E-state index contributed by atoms with van der Waals surface area (Å²) in [6.45, 7) is 2.50. The zero-order valence-corrected chi connectivity index (χ0v) is 18.9. The van der Waals surface area contributed by atoms with Gasteiger partial charge in [0, 0.05) is 11.6 Å². The normalized spacial score (nSPS) is 15.3. The van der Waals surface area contributed by atoms with Crippen molar-refractivity contribution in [1.29, 1.82) is 0 Å². The SMILES string of the molecule is CCOc1ccc(N2C(=O)/C(=C\c3ccc(-c4ccc(Cl)c(Cl)c4)o3)SC2=S)cc1. The number of ether oxygens (including phenoxy) is 1. The Labute approximate surface area is 193 Å². The molecule has 1 aliphatic heterocycles. The Balaban J connectivity index is 1.56. The van der Waals surface area contributed by atoms with Crippen LogP contribution < -0.4 is 9.64 Å². The van der Waals surface area contributed by atoms with Gasteiger partial charge in [-0.1, -0.05) is 47.2 Å². The van der Waals surface area contributed by atoms with E-state index in [1.165, 1.54) is 16.7 Å². The molecule has 1 aromatic heterocycles. The molecule has 8 heteroatoms. The number of hydrogen-bond donors (Lipinski definition) is 0. The van der Waals surface area contributed by atoms with Gasteiger partial charge in [0.15, 0.2) is 4.32 Å². The molecule has 0 spiro atoms. The quantitative estimate of drug-likeness (QED) is 0.291. The topological polar surface area (TPSA) is 42.7 Å². The summed E-state index contributed by atoms with van der Waals surface area (Å²) < 4.78 is 11.8. The summed E-state index contributed by atoms with van der Waals surface area (Å²) in [5.41, 5.74) is 1.49.